The Bertz CT molecular complexity index is 810. The molecule has 3 atom stereocenters. The third-order valence-electron chi connectivity index (χ3n) is 4.81. The molecule has 4 rings (SSSR count). The number of hydrogen-bond donors (Lipinski definition) is 0. The second kappa shape index (κ2) is 6.53. The average Bonchev–Trinajstić information content (AvgIpc) is 3.15. The van der Waals surface area contributed by atoms with Crippen molar-refractivity contribution in [1.29, 1.82) is 0 Å². The van der Waals surface area contributed by atoms with Crippen LogP contribution in [0.4, 0.5) is 5.69 Å². The first-order chi connectivity index (χ1) is 12.6. The van der Waals surface area contributed by atoms with Crippen LogP contribution in [0.2, 0.25) is 0 Å². The molecule has 1 aromatic heterocycles. The lowest BCUT2D eigenvalue weighted by Gasteiger charge is -2.29. The van der Waals surface area contributed by atoms with E-state index in [2.05, 4.69) is 4.98 Å². The van der Waals surface area contributed by atoms with Crippen molar-refractivity contribution in [2.24, 2.45) is 11.8 Å². The number of nitrogens with zero attached hydrogens (tertiary/aromatic N) is 3. The number of anilines is 1. The fourth-order valence-corrected chi connectivity index (χ4v) is 3.72. The van der Waals surface area contributed by atoms with Gasteiger partial charge in [-0.2, -0.15) is 0 Å². The Morgan fingerprint density at radius 3 is 2.38 bits per heavy atom. The monoisotopic (exact) mass is 351 g/mol. The van der Waals surface area contributed by atoms with Gasteiger partial charge in [0.25, 0.3) is 5.91 Å². The first-order valence-corrected chi connectivity index (χ1v) is 8.84. The molecule has 2 aliphatic rings. The number of likely N-dealkylation sites (tertiary alicyclic amines) is 1. The van der Waals surface area contributed by atoms with Crippen molar-refractivity contribution in [1.82, 2.24) is 9.88 Å². The number of para-hydroxylation sites is 1. The molecule has 2 amide bonds. The molecule has 134 valence electrons. The highest BCUT2D eigenvalue weighted by atomic mass is 16.7. The fourth-order valence-electron chi connectivity index (χ4n) is 3.72. The maximum absolute atomic E-state index is 13.1. The molecule has 6 heteroatoms. The summed E-state index contributed by atoms with van der Waals surface area (Å²) in [4.78, 5) is 37.4. The van der Waals surface area contributed by atoms with E-state index in [1.807, 2.05) is 56.3 Å². The highest BCUT2D eigenvalue weighted by Gasteiger charge is 2.59. The van der Waals surface area contributed by atoms with Gasteiger partial charge in [0.15, 0.2) is 6.10 Å². The van der Waals surface area contributed by atoms with Crippen LogP contribution in [0.25, 0.3) is 0 Å². The molecule has 0 bridgehead atoms. The number of pyridine rings is 1. The van der Waals surface area contributed by atoms with Gasteiger partial charge in [-0.1, -0.05) is 32.0 Å². The molecule has 2 fully saturated rings. The van der Waals surface area contributed by atoms with E-state index in [0.29, 0.717) is 6.54 Å². The SMILES string of the molecule is CC(C)CN1C(=O)[C@H]2[C@H](ON(c3ccccc3)[C@H]2c2ccncc2)C1=O. The molecular weight excluding hydrogens is 330 g/mol. The van der Waals surface area contributed by atoms with Crippen molar-refractivity contribution < 1.29 is 14.4 Å². The molecule has 0 spiro atoms. The molecule has 1 aromatic carbocycles. The summed E-state index contributed by atoms with van der Waals surface area (Å²) in [6, 6.07) is 12.9. The molecule has 0 aliphatic carbocycles. The molecule has 26 heavy (non-hydrogen) atoms. The summed E-state index contributed by atoms with van der Waals surface area (Å²) >= 11 is 0. The van der Waals surface area contributed by atoms with Crippen molar-refractivity contribution in [2.75, 3.05) is 11.6 Å². The van der Waals surface area contributed by atoms with Gasteiger partial charge in [-0.15, -0.1) is 0 Å². The lowest BCUT2D eigenvalue weighted by Crippen LogP contribution is -2.39. The minimum Gasteiger partial charge on any atom is -0.280 e. The van der Waals surface area contributed by atoms with Crippen LogP contribution < -0.4 is 5.06 Å². The topological polar surface area (TPSA) is 62.7 Å². The van der Waals surface area contributed by atoms with E-state index >= 15 is 0 Å². The summed E-state index contributed by atoms with van der Waals surface area (Å²) in [6.07, 6.45) is 2.61. The standard InChI is InChI=1S/C20H21N3O3/c1-13(2)12-22-19(24)16-17(14-8-10-21-11-9-14)23(26-18(16)20(22)25)15-6-4-3-5-7-15/h3-11,13,16-18H,12H2,1-2H3/t16-,17+,18+/m1/s1. The predicted molar refractivity (Wildman–Crippen MR) is 95.8 cm³/mol. The van der Waals surface area contributed by atoms with Gasteiger partial charge in [0, 0.05) is 18.9 Å². The van der Waals surface area contributed by atoms with Gasteiger partial charge in [0.05, 0.1) is 11.7 Å². The van der Waals surface area contributed by atoms with Crippen LogP contribution in [-0.2, 0) is 14.4 Å². The van der Waals surface area contributed by atoms with Crippen LogP contribution in [0.15, 0.2) is 54.9 Å². The van der Waals surface area contributed by atoms with E-state index in [9.17, 15) is 9.59 Å². The molecule has 2 aromatic rings. The smallest absolute Gasteiger partial charge is 0.262 e. The first-order valence-electron chi connectivity index (χ1n) is 8.84. The first kappa shape index (κ1) is 16.7. The van der Waals surface area contributed by atoms with Gasteiger partial charge in [-0.25, -0.2) is 5.06 Å². The van der Waals surface area contributed by atoms with Crippen molar-refractivity contribution >= 4 is 17.5 Å². The summed E-state index contributed by atoms with van der Waals surface area (Å²) in [5.41, 5.74) is 1.73. The maximum atomic E-state index is 13.1. The zero-order chi connectivity index (χ0) is 18.3. The number of rotatable bonds is 4. The zero-order valence-corrected chi connectivity index (χ0v) is 14.8. The van der Waals surface area contributed by atoms with E-state index < -0.39 is 12.0 Å². The number of fused-ring (bicyclic) bond motifs is 1. The summed E-state index contributed by atoms with van der Waals surface area (Å²) in [7, 11) is 0. The molecule has 2 saturated heterocycles. The highest BCUT2D eigenvalue weighted by molar-refractivity contribution is 6.07. The third kappa shape index (κ3) is 2.66. The summed E-state index contributed by atoms with van der Waals surface area (Å²) in [5, 5.41) is 1.70. The number of hydroxylamine groups is 1. The Hall–Kier alpha value is -2.73. The van der Waals surface area contributed by atoms with Gasteiger partial charge in [-0.3, -0.25) is 24.3 Å². The number of hydrogen-bond acceptors (Lipinski definition) is 5. The largest absolute Gasteiger partial charge is 0.280 e. The molecular formula is C20H21N3O3. The number of carbonyl (C=O) groups excluding carboxylic acids is 2. The predicted octanol–water partition coefficient (Wildman–Crippen LogP) is 2.58. The molecule has 0 saturated carbocycles. The van der Waals surface area contributed by atoms with E-state index in [0.717, 1.165) is 11.3 Å². The van der Waals surface area contributed by atoms with Gasteiger partial charge in [0.2, 0.25) is 5.91 Å². The summed E-state index contributed by atoms with van der Waals surface area (Å²) < 4.78 is 0. The van der Waals surface area contributed by atoms with Crippen LogP contribution in [-0.4, -0.2) is 34.3 Å². The normalized spacial score (nSPS) is 25.3. The second-order valence-corrected chi connectivity index (χ2v) is 7.12. The van der Waals surface area contributed by atoms with E-state index in [1.165, 1.54) is 4.90 Å². The van der Waals surface area contributed by atoms with Crippen molar-refractivity contribution in [2.45, 2.75) is 26.0 Å². The molecule has 2 aliphatic heterocycles. The van der Waals surface area contributed by atoms with Crippen LogP contribution in [0.1, 0.15) is 25.5 Å². The molecule has 0 radical (unpaired) electrons. The lowest BCUT2D eigenvalue weighted by atomic mass is 9.91. The molecule has 3 heterocycles. The Labute approximate surface area is 152 Å². The molecule has 0 N–H and O–H groups in total. The average molecular weight is 351 g/mol. The number of imide groups is 1. The maximum Gasteiger partial charge on any atom is 0.262 e. The molecule has 6 nitrogen and oxygen atoms in total. The van der Waals surface area contributed by atoms with E-state index in [4.69, 9.17) is 4.84 Å². The second-order valence-electron chi connectivity index (χ2n) is 7.12. The van der Waals surface area contributed by atoms with Crippen molar-refractivity contribution in [3.8, 4) is 0 Å². The summed E-state index contributed by atoms with van der Waals surface area (Å²) in [5.74, 6) is -0.740. The van der Waals surface area contributed by atoms with Gasteiger partial charge < -0.3 is 0 Å². The lowest BCUT2D eigenvalue weighted by molar-refractivity contribution is -0.143. The van der Waals surface area contributed by atoms with Gasteiger partial charge in [0.1, 0.15) is 5.92 Å². The quantitative estimate of drug-likeness (QED) is 0.793. The van der Waals surface area contributed by atoms with Crippen LogP contribution in [0.5, 0.6) is 0 Å². The van der Waals surface area contributed by atoms with Crippen LogP contribution in [0, 0.1) is 11.8 Å². The van der Waals surface area contributed by atoms with Crippen LogP contribution in [0.3, 0.4) is 0 Å². The minimum absolute atomic E-state index is 0.158. The number of aromatic nitrogens is 1. The summed E-state index contributed by atoms with van der Waals surface area (Å²) in [6.45, 7) is 4.40. The van der Waals surface area contributed by atoms with Crippen molar-refractivity contribution in [3.63, 3.8) is 0 Å². The Morgan fingerprint density at radius 1 is 1.04 bits per heavy atom. The zero-order valence-electron chi connectivity index (χ0n) is 14.8. The Kier molecular flexibility index (Phi) is 4.20. The fraction of sp³-hybridized carbons (Fsp3) is 0.350. The van der Waals surface area contributed by atoms with Gasteiger partial charge in [-0.05, 0) is 35.7 Å². The van der Waals surface area contributed by atoms with E-state index in [1.54, 1.807) is 17.5 Å². The number of carbonyl (C=O) groups is 2. The highest BCUT2D eigenvalue weighted by Crippen LogP contribution is 2.46. The molecule has 0 unspecified atom stereocenters. The number of amides is 2. The minimum atomic E-state index is -0.778. The third-order valence-corrected chi connectivity index (χ3v) is 4.81. The number of benzene rings is 1. The van der Waals surface area contributed by atoms with Crippen molar-refractivity contribution in [3.05, 3.63) is 60.4 Å². The Balaban J connectivity index is 1.75. The van der Waals surface area contributed by atoms with E-state index in [-0.39, 0.29) is 23.8 Å². The van der Waals surface area contributed by atoms with Crippen LogP contribution >= 0.6 is 0 Å². The Morgan fingerprint density at radius 2 is 1.73 bits per heavy atom. The van der Waals surface area contributed by atoms with Gasteiger partial charge >= 0.3 is 0 Å².